The molecule has 0 aliphatic rings. The number of hydrogen-bond donors (Lipinski definition) is 0. The highest BCUT2D eigenvalue weighted by Gasteiger charge is 2.07. The molecule has 0 aromatic heterocycles. The zero-order valence-electron chi connectivity index (χ0n) is 7.58. The SMILES string of the molecule is CC(C)Oc1cccc(Br)c1C=O. The van der Waals surface area contributed by atoms with Gasteiger partial charge in [-0.15, -0.1) is 0 Å². The summed E-state index contributed by atoms with van der Waals surface area (Å²) in [5, 5.41) is 0. The fourth-order valence-corrected chi connectivity index (χ4v) is 1.43. The molecular weight excluding hydrogens is 232 g/mol. The molecule has 0 N–H and O–H groups in total. The highest BCUT2D eigenvalue weighted by Crippen LogP contribution is 2.25. The standard InChI is InChI=1S/C10H11BrO2/c1-7(2)13-10-5-3-4-9(11)8(10)6-12/h3-7H,1-2H3. The second-order valence-corrected chi connectivity index (χ2v) is 3.79. The van der Waals surface area contributed by atoms with Crippen LogP contribution in [0.5, 0.6) is 5.75 Å². The molecule has 1 aromatic rings. The van der Waals surface area contributed by atoms with Crippen LogP contribution in [0.4, 0.5) is 0 Å². The zero-order valence-corrected chi connectivity index (χ0v) is 9.17. The summed E-state index contributed by atoms with van der Waals surface area (Å²) in [6.07, 6.45) is 0.870. The van der Waals surface area contributed by atoms with E-state index >= 15 is 0 Å². The van der Waals surface area contributed by atoms with Crippen LogP contribution in [0.1, 0.15) is 24.2 Å². The molecule has 1 rings (SSSR count). The van der Waals surface area contributed by atoms with Gasteiger partial charge in [0, 0.05) is 4.47 Å². The molecule has 0 spiro atoms. The summed E-state index contributed by atoms with van der Waals surface area (Å²) in [7, 11) is 0. The molecule has 0 aliphatic heterocycles. The van der Waals surface area contributed by atoms with Gasteiger partial charge in [0.25, 0.3) is 0 Å². The van der Waals surface area contributed by atoms with Crippen LogP contribution in [0, 0.1) is 0 Å². The number of aldehydes is 1. The Balaban J connectivity index is 3.05. The average Bonchev–Trinajstić information content (AvgIpc) is 2.03. The maximum absolute atomic E-state index is 10.7. The van der Waals surface area contributed by atoms with Gasteiger partial charge in [-0.1, -0.05) is 6.07 Å². The summed E-state index contributed by atoms with van der Waals surface area (Å²) < 4.78 is 6.22. The Morgan fingerprint density at radius 1 is 1.46 bits per heavy atom. The third kappa shape index (κ3) is 2.56. The normalized spacial score (nSPS) is 10.2. The number of halogens is 1. The van der Waals surface area contributed by atoms with Crippen molar-refractivity contribution < 1.29 is 9.53 Å². The first-order valence-corrected chi connectivity index (χ1v) is 4.84. The van der Waals surface area contributed by atoms with Gasteiger partial charge in [0.1, 0.15) is 5.75 Å². The van der Waals surface area contributed by atoms with Crippen LogP contribution in [0.15, 0.2) is 22.7 Å². The highest BCUT2D eigenvalue weighted by atomic mass is 79.9. The molecule has 0 bridgehead atoms. The molecule has 0 aliphatic carbocycles. The minimum Gasteiger partial charge on any atom is -0.490 e. The second kappa shape index (κ2) is 4.42. The average molecular weight is 243 g/mol. The molecule has 0 fully saturated rings. The quantitative estimate of drug-likeness (QED) is 0.762. The molecular formula is C10H11BrO2. The van der Waals surface area contributed by atoms with E-state index in [0.29, 0.717) is 11.3 Å². The van der Waals surface area contributed by atoms with Crippen LogP contribution in [0.25, 0.3) is 0 Å². The Bertz CT molecular complexity index is 308. The summed E-state index contributed by atoms with van der Waals surface area (Å²) in [4.78, 5) is 10.7. The lowest BCUT2D eigenvalue weighted by atomic mass is 10.2. The number of ether oxygens (including phenoxy) is 1. The van der Waals surface area contributed by atoms with E-state index in [4.69, 9.17) is 4.74 Å². The van der Waals surface area contributed by atoms with E-state index in [2.05, 4.69) is 15.9 Å². The van der Waals surface area contributed by atoms with E-state index in [-0.39, 0.29) is 6.10 Å². The predicted molar refractivity (Wildman–Crippen MR) is 55.3 cm³/mol. The van der Waals surface area contributed by atoms with Crippen molar-refractivity contribution in [3.8, 4) is 5.75 Å². The van der Waals surface area contributed by atoms with Crippen LogP contribution in [0.2, 0.25) is 0 Å². The minimum atomic E-state index is 0.0769. The lowest BCUT2D eigenvalue weighted by Crippen LogP contribution is -2.07. The van der Waals surface area contributed by atoms with Gasteiger partial charge in [-0.25, -0.2) is 0 Å². The summed E-state index contributed by atoms with van der Waals surface area (Å²) in [5.41, 5.74) is 0.566. The van der Waals surface area contributed by atoms with Gasteiger partial charge >= 0.3 is 0 Å². The molecule has 1 aromatic carbocycles. The van der Waals surface area contributed by atoms with Crippen LogP contribution in [0.3, 0.4) is 0 Å². The Labute approximate surface area is 86.0 Å². The molecule has 70 valence electrons. The van der Waals surface area contributed by atoms with Gasteiger partial charge in [0.05, 0.1) is 11.7 Å². The molecule has 0 heterocycles. The van der Waals surface area contributed by atoms with Crippen LogP contribution in [-0.4, -0.2) is 12.4 Å². The van der Waals surface area contributed by atoms with E-state index in [1.54, 1.807) is 6.07 Å². The first-order chi connectivity index (χ1) is 6.15. The van der Waals surface area contributed by atoms with E-state index < -0.39 is 0 Å². The number of carbonyl (C=O) groups is 1. The third-order valence-corrected chi connectivity index (χ3v) is 2.18. The molecule has 0 radical (unpaired) electrons. The highest BCUT2D eigenvalue weighted by molar-refractivity contribution is 9.10. The Kier molecular flexibility index (Phi) is 3.48. The predicted octanol–water partition coefficient (Wildman–Crippen LogP) is 3.05. The van der Waals surface area contributed by atoms with E-state index in [1.165, 1.54) is 0 Å². The molecule has 0 amide bonds. The smallest absolute Gasteiger partial charge is 0.154 e. The van der Waals surface area contributed by atoms with Crippen LogP contribution < -0.4 is 4.74 Å². The lowest BCUT2D eigenvalue weighted by Gasteiger charge is -2.11. The van der Waals surface area contributed by atoms with E-state index in [0.717, 1.165) is 10.8 Å². The maximum atomic E-state index is 10.7. The van der Waals surface area contributed by atoms with Crippen molar-refractivity contribution in [2.45, 2.75) is 20.0 Å². The van der Waals surface area contributed by atoms with Crippen molar-refractivity contribution in [1.29, 1.82) is 0 Å². The topological polar surface area (TPSA) is 26.3 Å². The molecule has 0 atom stereocenters. The van der Waals surface area contributed by atoms with Crippen molar-refractivity contribution in [3.63, 3.8) is 0 Å². The van der Waals surface area contributed by atoms with Crippen molar-refractivity contribution in [2.75, 3.05) is 0 Å². The summed E-state index contributed by atoms with van der Waals surface area (Å²) in [6, 6.07) is 5.44. The van der Waals surface area contributed by atoms with E-state index in [9.17, 15) is 4.79 Å². The Morgan fingerprint density at radius 3 is 2.69 bits per heavy atom. The fourth-order valence-electron chi connectivity index (χ4n) is 0.988. The molecule has 13 heavy (non-hydrogen) atoms. The monoisotopic (exact) mass is 242 g/mol. The summed E-state index contributed by atoms with van der Waals surface area (Å²) in [6.45, 7) is 3.85. The Hall–Kier alpha value is -0.830. The molecule has 0 unspecified atom stereocenters. The number of carbonyl (C=O) groups excluding carboxylic acids is 1. The molecule has 0 saturated carbocycles. The second-order valence-electron chi connectivity index (χ2n) is 2.94. The van der Waals surface area contributed by atoms with E-state index in [1.807, 2.05) is 26.0 Å². The van der Waals surface area contributed by atoms with Gasteiger partial charge in [0.2, 0.25) is 0 Å². The summed E-state index contributed by atoms with van der Waals surface area (Å²) in [5.74, 6) is 0.624. The van der Waals surface area contributed by atoms with Gasteiger partial charge in [-0.05, 0) is 41.9 Å². The largest absolute Gasteiger partial charge is 0.490 e. The zero-order chi connectivity index (χ0) is 9.84. The number of benzene rings is 1. The Morgan fingerprint density at radius 2 is 2.15 bits per heavy atom. The maximum Gasteiger partial charge on any atom is 0.154 e. The molecule has 2 nitrogen and oxygen atoms in total. The van der Waals surface area contributed by atoms with Gasteiger partial charge in [0.15, 0.2) is 6.29 Å². The number of hydrogen-bond acceptors (Lipinski definition) is 2. The van der Waals surface area contributed by atoms with Gasteiger partial charge < -0.3 is 4.74 Å². The lowest BCUT2D eigenvalue weighted by molar-refractivity contribution is 0.111. The minimum absolute atomic E-state index is 0.0769. The summed E-state index contributed by atoms with van der Waals surface area (Å²) >= 11 is 3.29. The van der Waals surface area contributed by atoms with Crippen LogP contribution in [-0.2, 0) is 0 Å². The van der Waals surface area contributed by atoms with Crippen molar-refractivity contribution in [3.05, 3.63) is 28.2 Å². The van der Waals surface area contributed by atoms with Crippen molar-refractivity contribution in [1.82, 2.24) is 0 Å². The fraction of sp³-hybridized carbons (Fsp3) is 0.300. The van der Waals surface area contributed by atoms with Crippen molar-refractivity contribution in [2.24, 2.45) is 0 Å². The molecule has 0 saturated heterocycles. The van der Waals surface area contributed by atoms with Gasteiger partial charge in [-0.2, -0.15) is 0 Å². The first-order valence-electron chi connectivity index (χ1n) is 4.05. The number of rotatable bonds is 3. The first kappa shape index (κ1) is 10.3. The van der Waals surface area contributed by atoms with Crippen LogP contribution >= 0.6 is 15.9 Å². The third-order valence-electron chi connectivity index (χ3n) is 1.49. The molecule has 3 heteroatoms. The van der Waals surface area contributed by atoms with Gasteiger partial charge in [-0.3, -0.25) is 4.79 Å². The van der Waals surface area contributed by atoms with Crippen molar-refractivity contribution >= 4 is 22.2 Å².